The van der Waals surface area contributed by atoms with Crippen LogP contribution >= 0.6 is 27.5 Å². The van der Waals surface area contributed by atoms with Gasteiger partial charge in [-0.05, 0) is 35.0 Å². The number of halogens is 5. The van der Waals surface area contributed by atoms with E-state index in [2.05, 4.69) is 26.0 Å². The minimum absolute atomic E-state index is 0.0172. The molecule has 0 fully saturated rings. The van der Waals surface area contributed by atoms with E-state index in [9.17, 15) is 13.2 Å². The van der Waals surface area contributed by atoms with Gasteiger partial charge in [-0.2, -0.15) is 18.3 Å². The molecular formula is C10H6BrClF3N3. The summed E-state index contributed by atoms with van der Waals surface area (Å²) >= 11 is 8.55. The summed E-state index contributed by atoms with van der Waals surface area (Å²) in [5.74, 6) is 0.0172. The Morgan fingerprint density at radius 1 is 1.33 bits per heavy atom. The second kappa shape index (κ2) is 4.55. The van der Waals surface area contributed by atoms with Crippen LogP contribution in [0.2, 0.25) is 5.15 Å². The maximum atomic E-state index is 13.0. The summed E-state index contributed by atoms with van der Waals surface area (Å²) in [4.78, 5) is 3.82. The molecule has 0 aliphatic heterocycles. The van der Waals surface area contributed by atoms with E-state index < -0.39 is 11.9 Å². The maximum Gasteiger partial charge on any atom is 0.434 e. The van der Waals surface area contributed by atoms with Crippen LogP contribution in [-0.4, -0.2) is 14.8 Å². The predicted molar refractivity (Wildman–Crippen MR) is 63.8 cm³/mol. The molecule has 18 heavy (non-hydrogen) atoms. The number of hydrogen-bond acceptors (Lipinski definition) is 2. The highest BCUT2D eigenvalue weighted by molar-refractivity contribution is 9.10. The molecule has 2 aromatic rings. The summed E-state index contributed by atoms with van der Waals surface area (Å²) in [5.41, 5.74) is -0.682. The number of hydrogen-bond donors (Lipinski definition) is 0. The predicted octanol–water partition coefficient (Wildman–Crippen LogP) is 4.01. The lowest BCUT2D eigenvalue weighted by Crippen LogP contribution is -2.14. The summed E-state index contributed by atoms with van der Waals surface area (Å²) in [6.07, 6.45) is -4.54. The molecule has 2 rings (SSSR count). The lowest BCUT2D eigenvalue weighted by atomic mass is 10.3. The minimum Gasteiger partial charge on any atom is -0.217 e. The minimum atomic E-state index is -4.54. The first-order chi connectivity index (χ1) is 8.30. The average Bonchev–Trinajstić information content (AvgIpc) is 2.55. The molecule has 0 aromatic carbocycles. The molecule has 0 unspecified atom stereocenters. The van der Waals surface area contributed by atoms with Gasteiger partial charge in [0, 0.05) is 0 Å². The zero-order valence-electron chi connectivity index (χ0n) is 8.96. The van der Waals surface area contributed by atoms with Gasteiger partial charge >= 0.3 is 6.18 Å². The number of pyridine rings is 1. The third kappa shape index (κ3) is 2.37. The van der Waals surface area contributed by atoms with Crippen molar-refractivity contribution in [3.63, 3.8) is 0 Å². The fourth-order valence-corrected chi connectivity index (χ4v) is 2.07. The van der Waals surface area contributed by atoms with Gasteiger partial charge in [-0.1, -0.05) is 17.7 Å². The highest BCUT2D eigenvalue weighted by atomic mass is 79.9. The van der Waals surface area contributed by atoms with E-state index in [4.69, 9.17) is 11.6 Å². The molecule has 8 heteroatoms. The highest BCUT2D eigenvalue weighted by Crippen LogP contribution is 2.37. The first-order valence-electron chi connectivity index (χ1n) is 4.76. The summed E-state index contributed by atoms with van der Waals surface area (Å²) in [7, 11) is 0. The summed E-state index contributed by atoms with van der Waals surface area (Å²) in [6, 6.07) is 4.39. The van der Waals surface area contributed by atoms with Crippen molar-refractivity contribution in [2.24, 2.45) is 0 Å². The van der Waals surface area contributed by atoms with Gasteiger partial charge in [-0.15, -0.1) is 0 Å². The molecule has 3 nitrogen and oxygen atoms in total. The quantitative estimate of drug-likeness (QED) is 0.734. The molecule has 2 aromatic heterocycles. The zero-order chi connectivity index (χ0) is 13.5. The fourth-order valence-electron chi connectivity index (χ4n) is 1.43. The average molecular weight is 341 g/mol. The molecule has 0 bridgehead atoms. The first kappa shape index (κ1) is 13.4. The van der Waals surface area contributed by atoms with Crippen molar-refractivity contribution in [1.82, 2.24) is 14.8 Å². The largest absolute Gasteiger partial charge is 0.434 e. The second-order valence-corrected chi connectivity index (χ2v) is 4.66. The van der Waals surface area contributed by atoms with E-state index in [1.165, 1.54) is 25.1 Å². The number of aromatic nitrogens is 3. The summed E-state index contributed by atoms with van der Waals surface area (Å²) in [6.45, 7) is 1.47. The Morgan fingerprint density at radius 3 is 2.56 bits per heavy atom. The van der Waals surface area contributed by atoms with Crippen molar-refractivity contribution in [3.05, 3.63) is 39.2 Å². The van der Waals surface area contributed by atoms with E-state index in [0.717, 1.165) is 4.68 Å². The number of alkyl halides is 3. The Bertz CT molecular complexity index is 595. The van der Waals surface area contributed by atoms with Gasteiger partial charge in [0.25, 0.3) is 0 Å². The Labute approximate surface area is 114 Å². The van der Waals surface area contributed by atoms with Crippen molar-refractivity contribution in [2.75, 3.05) is 0 Å². The van der Waals surface area contributed by atoms with Gasteiger partial charge in [0.1, 0.15) is 5.15 Å². The molecule has 0 N–H and O–H groups in total. The second-order valence-electron chi connectivity index (χ2n) is 3.48. The van der Waals surface area contributed by atoms with Gasteiger partial charge in [0.05, 0.1) is 10.2 Å². The Hall–Kier alpha value is -1.08. The van der Waals surface area contributed by atoms with Crippen LogP contribution in [-0.2, 0) is 6.18 Å². The monoisotopic (exact) mass is 339 g/mol. The van der Waals surface area contributed by atoms with Gasteiger partial charge in [0.15, 0.2) is 11.5 Å². The topological polar surface area (TPSA) is 30.7 Å². The van der Waals surface area contributed by atoms with E-state index in [1.54, 1.807) is 0 Å². The van der Waals surface area contributed by atoms with E-state index in [1.807, 2.05) is 0 Å². The molecule has 0 saturated carbocycles. The first-order valence-corrected chi connectivity index (χ1v) is 5.93. The third-order valence-corrected chi connectivity index (χ3v) is 3.33. The maximum absolute atomic E-state index is 13.0. The van der Waals surface area contributed by atoms with E-state index in [0.29, 0.717) is 0 Å². The lowest BCUT2D eigenvalue weighted by Gasteiger charge is -2.10. The molecule has 0 amide bonds. The molecule has 0 aliphatic carbocycles. The molecule has 0 saturated heterocycles. The number of aryl methyl sites for hydroxylation is 1. The third-order valence-electron chi connectivity index (χ3n) is 2.17. The fraction of sp³-hybridized carbons (Fsp3) is 0.200. The SMILES string of the molecule is Cc1nn(-c2cccc(Cl)n2)c(C(F)(F)F)c1Br. The Kier molecular flexibility index (Phi) is 3.37. The van der Waals surface area contributed by atoms with E-state index in [-0.39, 0.29) is 21.1 Å². The van der Waals surface area contributed by atoms with Crippen LogP contribution < -0.4 is 0 Å². The van der Waals surface area contributed by atoms with E-state index >= 15 is 0 Å². The highest BCUT2D eigenvalue weighted by Gasteiger charge is 2.39. The van der Waals surface area contributed by atoms with Crippen LogP contribution in [0.1, 0.15) is 11.4 Å². The Morgan fingerprint density at radius 2 is 2.00 bits per heavy atom. The van der Waals surface area contributed by atoms with Crippen molar-refractivity contribution in [2.45, 2.75) is 13.1 Å². The van der Waals surface area contributed by atoms with Crippen LogP contribution in [0.15, 0.2) is 22.7 Å². The molecular weight excluding hydrogens is 334 g/mol. The molecule has 2 heterocycles. The molecule has 0 aliphatic rings. The zero-order valence-corrected chi connectivity index (χ0v) is 11.3. The smallest absolute Gasteiger partial charge is 0.217 e. The van der Waals surface area contributed by atoms with Crippen LogP contribution in [0.3, 0.4) is 0 Å². The van der Waals surface area contributed by atoms with Crippen LogP contribution in [0.5, 0.6) is 0 Å². The van der Waals surface area contributed by atoms with Gasteiger partial charge in [-0.25, -0.2) is 9.67 Å². The Balaban J connectivity index is 2.69. The van der Waals surface area contributed by atoms with Crippen LogP contribution in [0, 0.1) is 6.92 Å². The summed E-state index contributed by atoms with van der Waals surface area (Å²) < 4.78 is 39.5. The molecule has 0 radical (unpaired) electrons. The van der Waals surface area contributed by atoms with Gasteiger partial charge in [0.2, 0.25) is 0 Å². The van der Waals surface area contributed by atoms with Crippen molar-refractivity contribution in [1.29, 1.82) is 0 Å². The molecule has 0 atom stereocenters. The van der Waals surface area contributed by atoms with Crippen molar-refractivity contribution >= 4 is 27.5 Å². The molecule has 96 valence electrons. The van der Waals surface area contributed by atoms with Crippen molar-refractivity contribution < 1.29 is 13.2 Å². The van der Waals surface area contributed by atoms with Gasteiger partial charge in [-0.3, -0.25) is 0 Å². The lowest BCUT2D eigenvalue weighted by molar-refractivity contribution is -0.143. The normalized spacial score (nSPS) is 11.9. The van der Waals surface area contributed by atoms with Crippen LogP contribution in [0.4, 0.5) is 13.2 Å². The number of nitrogens with zero attached hydrogens (tertiary/aromatic N) is 3. The summed E-state index contributed by atoms with van der Waals surface area (Å²) in [5, 5.41) is 3.92. The standard InChI is InChI=1S/C10H6BrClF3N3/c1-5-8(11)9(10(13,14)15)18(17-5)7-4-2-3-6(12)16-7/h2-4H,1H3. The van der Waals surface area contributed by atoms with Crippen LogP contribution in [0.25, 0.3) is 5.82 Å². The van der Waals surface area contributed by atoms with Crippen molar-refractivity contribution in [3.8, 4) is 5.82 Å². The van der Waals surface area contributed by atoms with Gasteiger partial charge < -0.3 is 0 Å². The number of rotatable bonds is 1. The molecule has 0 spiro atoms.